The highest BCUT2D eigenvalue weighted by Gasteiger charge is 2.23. The molecule has 0 amide bonds. The Kier molecular flexibility index (Phi) is 2.09. The number of hydrogen-bond donors (Lipinski definition) is 0. The predicted octanol–water partition coefficient (Wildman–Crippen LogP) is 2.48. The van der Waals surface area contributed by atoms with E-state index in [1.165, 1.54) is 24.3 Å². The van der Waals surface area contributed by atoms with Gasteiger partial charge in [-0.25, -0.2) is 8.78 Å². The van der Waals surface area contributed by atoms with Gasteiger partial charge in [0.1, 0.15) is 0 Å². The molecule has 0 saturated carbocycles. The summed E-state index contributed by atoms with van der Waals surface area (Å²) in [6.07, 6.45) is 0. The van der Waals surface area contributed by atoms with Gasteiger partial charge in [-0.2, -0.15) is 5.26 Å². The Balaban J connectivity index is 3.02. The minimum atomic E-state index is -3.08. The monoisotopic (exact) mass is 166 g/mol. The van der Waals surface area contributed by atoms with Crippen molar-refractivity contribution in [2.75, 3.05) is 0 Å². The number of benzene rings is 1. The summed E-state index contributed by atoms with van der Waals surface area (Å²) in [5.74, 6) is -3.08. The molecule has 0 bridgehead atoms. The molecular formula is C9H6F2N. The van der Waals surface area contributed by atoms with Crippen LogP contribution in [0.1, 0.15) is 11.1 Å². The van der Waals surface area contributed by atoms with E-state index in [2.05, 4.69) is 6.92 Å². The molecule has 0 aliphatic rings. The van der Waals surface area contributed by atoms with Gasteiger partial charge in [0.25, 0.3) is 5.92 Å². The third-order valence-electron chi connectivity index (χ3n) is 1.44. The maximum absolute atomic E-state index is 12.5. The highest BCUT2D eigenvalue weighted by molar-refractivity contribution is 5.33. The minimum Gasteiger partial charge on any atom is -0.201 e. The molecule has 0 atom stereocenters. The average Bonchev–Trinajstić information content (AvgIpc) is 2.03. The van der Waals surface area contributed by atoms with Gasteiger partial charge in [0, 0.05) is 12.5 Å². The highest BCUT2D eigenvalue weighted by atomic mass is 19.3. The molecule has 0 fully saturated rings. The summed E-state index contributed by atoms with van der Waals surface area (Å²) in [6, 6.07) is 6.92. The first-order valence-electron chi connectivity index (χ1n) is 3.28. The molecule has 1 nitrogen and oxygen atoms in total. The third-order valence-corrected chi connectivity index (χ3v) is 1.44. The molecule has 0 heterocycles. The van der Waals surface area contributed by atoms with Crippen LogP contribution in [-0.2, 0) is 5.92 Å². The van der Waals surface area contributed by atoms with E-state index in [0.29, 0.717) is 5.56 Å². The smallest absolute Gasteiger partial charge is 0.201 e. The number of hydrogen-bond acceptors (Lipinski definition) is 1. The van der Waals surface area contributed by atoms with Gasteiger partial charge in [-0.05, 0) is 12.1 Å². The van der Waals surface area contributed by atoms with Crippen molar-refractivity contribution in [3.8, 4) is 6.07 Å². The van der Waals surface area contributed by atoms with Crippen LogP contribution in [0.2, 0.25) is 0 Å². The SMILES string of the molecule is [CH2]C(F)(F)c1ccc(C#N)cc1. The summed E-state index contributed by atoms with van der Waals surface area (Å²) >= 11 is 0. The molecule has 1 aromatic carbocycles. The molecule has 12 heavy (non-hydrogen) atoms. The quantitative estimate of drug-likeness (QED) is 0.628. The second kappa shape index (κ2) is 2.90. The van der Waals surface area contributed by atoms with E-state index in [9.17, 15) is 8.78 Å². The van der Waals surface area contributed by atoms with Crippen LogP contribution in [-0.4, -0.2) is 0 Å². The molecule has 61 valence electrons. The fourth-order valence-corrected chi connectivity index (χ4v) is 0.789. The topological polar surface area (TPSA) is 23.8 Å². The Hall–Kier alpha value is -1.43. The fraction of sp³-hybridized carbons (Fsp3) is 0.111. The van der Waals surface area contributed by atoms with Crippen LogP contribution in [0.4, 0.5) is 8.78 Å². The fourth-order valence-electron chi connectivity index (χ4n) is 0.789. The summed E-state index contributed by atoms with van der Waals surface area (Å²) in [6.45, 7) is 2.68. The lowest BCUT2D eigenvalue weighted by Gasteiger charge is -2.08. The zero-order valence-electron chi connectivity index (χ0n) is 6.22. The van der Waals surface area contributed by atoms with Crippen LogP contribution >= 0.6 is 0 Å². The standard InChI is InChI=1S/C9H6F2N/c1-9(10,11)8-4-2-7(6-12)3-5-8/h2-5H,1H2. The van der Waals surface area contributed by atoms with Crippen molar-refractivity contribution >= 4 is 0 Å². The number of alkyl halides is 2. The molecule has 0 aliphatic carbocycles. The van der Waals surface area contributed by atoms with E-state index in [1.807, 2.05) is 6.07 Å². The molecule has 0 unspecified atom stereocenters. The van der Waals surface area contributed by atoms with Crippen LogP contribution in [0.3, 0.4) is 0 Å². The van der Waals surface area contributed by atoms with Crippen LogP contribution in [0, 0.1) is 18.3 Å². The van der Waals surface area contributed by atoms with E-state index in [1.54, 1.807) is 0 Å². The lowest BCUT2D eigenvalue weighted by Crippen LogP contribution is -2.06. The van der Waals surface area contributed by atoms with Gasteiger partial charge < -0.3 is 0 Å². The van der Waals surface area contributed by atoms with Crippen LogP contribution < -0.4 is 0 Å². The van der Waals surface area contributed by atoms with Crippen LogP contribution in [0.15, 0.2) is 24.3 Å². The van der Waals surface area contributed by atoms with Gasteiger partial charge in [-0.3, -0.25) is 0 Å². The van der Waals surface area contributed by atoms with E-state index in [-0.39, 0.29) is 5.56 Å². The average molecular weight is 166 g/mol. The third kappa shape index (κ3) is 1.79. The van der Waals surface area contributed by atoms with Gasteiger partial charge in [-0.15, -0.1) is 0 Å². The van der Waals surface area contributed by atoms with Gasteiger partial charge in [0.2, 0.25) is 0 Å². The lowest BCUT2D eigenvalue weighted by atomic mass is 10.1. The van der Waals surface area contributed by atoms with Crippen LogP contribution in [0.25, 0.3) is 0 Å². The number of rotatable bonds is 1. The molecule has 0 spiro atoms. The van der Waals surface area contributed by atoms with E-state index in [4.69, 9.17) is 5.26 Å². The predicted molar refractivity (Wildman–Crippen MR) is 40.4 cm³/mol. The van der Waals surface area contributed by atoms with Crippen LogP contribution in [0.5, 0.6) is 0 Å². The first kappa shape index (κ1) is 8.66. The Bertz CT molecular complexity index is 303. The van der Waals surface area contributed by atoms with Crippen molar-refractivity contribution < 1.29 is 8.78 Å². The number of nitrogens with zero attached hydrogens (tertiary/aromatic N) is 1. The maximum Gasteiger partial charge on any atom is 0.273 e. The molecule has 0 saturated heterocycles. The van der Waals surface area contributed by atoms with Crippen molar-refractivity contribution in [2.45, 2.75) is 5.92 Å². The molecule has 0 aromatic heterocycles. The zero-order chi connectivity index (χ0) is 9.19. The zero-order valence-corrected chi connectivity index (χ0v) is 6.22. The Morgan fingerprint density at radius 1 is 1.25 bits per heavy atom. The summed E-state index contributed by atoms with van der Waals surface area (Å²) in [5, 5.41) is 8.38. The first-order valence-corrected chi connectivity index (χ1v) is 3.28. The van der Waals surface area contributed by atoms with Gasteiger partial charge in [-0.1, -0.05) is 12.1 Å². The molecule has 0 N–H and O–H groups in total. The van der Waals surface area contributed by atoms with Crippen molar-refractivity contribution in [1.82, 2.24) is 0 Å². The lowest BCUT2D eigenvalue weighted by molar-refractivity contribution is 0.0487. The summed E-state index contributed by atoms with van der Waals surface area (Å²) in [7, 11) is 0. The van der Waals surface area contributed by atoms with Crippen molar-refractivity contribution in [3.05, 3.63) is 42.3 Å². The van der Waals surface area contributed by atoms with Gasteiger partial charge in [0.15, 0.2) is 0 Å². The van der Waals surface area contributed by atoms with Gasteiger partial charge in [0.05, 0.1) is 11.6 Å². The summed E-state index contributed by atoms with van der Waals surface area (Å²) in [4.78, 5) is 0. The first-order chi connectivity index (χ1) is 5.54. The largest absolute Gasteiger partial charge is 0.273 e. The van der Waals surface area contributed by atoms with Crippen molar-refractivity contribution in [2.24, 2.45) is 0 Å². The number of nitriles is 1. The van der Waals surface area contributed by atoms with Crippen molar-refractivity contribution in [1.29, 1.82) is 5.26 Å². The highest BCUT2D eigenvalue weighted by Crippen LogP contribution is 2.25. The molecule has 1 radical (unpaired) electrons. The Labute approximate surface area is 69.2 Å². The second-order valence-corrected chi connectivity index (χ2v) is 2.39. The molecule has 0 aliphatic heterocycles. The van der Waals surface area contributed by atoms with Crippen molar-refractivity contribution in [3.63, 3.8) is 0 Å². The maximum atomic E-state index is 12.5. The van der Waals surface area contributed by atoms with Gasteiger partial charge >= 0.3 is 0 Å². The Morgan fingerprint density at radius 2 is 1.75 bits per heavy atom. The second-order valence-electron chi connectivity index (χ2n) is 2.39. The van der Waals surface area contributed by atoms with E-state index < -0.39 is 5.92 Å². The molecule has 1 aromatic rings. The normalized spacial score (nSPS) is 10.8. The van der Waals surface area contributed by atoms with E-state index in [0.717, 1.165) is 0 Å². The minimum absolute atomic E-state index is 0.179. The molecular weight excluding hydrogens is 160 g/mol. The molecule has 3 heteroatoms. The number of halogens is 2. The van der Waals surface area contributed by atoms with E-state index >= 15 is 0 Å². The summed E-state index contributed by atoms with van der Waals surface area (Å²) in [5.41, 5.74) is 0.185. The Morgan fingerprint density at radius 3 is 2.08 bits per heavy atom. The summed E-state index contributed by atoms with van der Waals surface area (Å²) < 4.78 is 25.0. The molecule has 1 rings (SSSR count).